The lowest BCUT2D eigenvalue weighted by molar-refractivity contribution is -0.140. The van der Waals surface area contributed by atoms with Crippen molar-refractivity contribution in [3.8, 4) is 0 Å². The molecule has 4 rings (SSSR count). The zero-order chi connectivity index (χ0) is 23.0. The third-order valence-corrected chi connectivity index (χ3v) is 9.16. The fourth-order valence-electron chi connectivity index (χ4n) is 7.31. The summed E-state index contributed by atoms with van der Waals surface area (Å²) in [6, 6.07) is 0. The average molecular weight is 438 g/mol. The minimum atomic E-state index is -0.0366. The Bertz CT molecular complexity index is 751. The minimum absolute atomic E-state index is 0.0366. The summed E-state index contributed by atoms with van der Waals surface area (Å²) >= 11 is 0. The SMILES string of the molecule is C=CC1CC(/C=C\C2CC(C=C)C(C(C)(C)C)C2)C(CN2C(=O)C3CCCCC3C2=O)C1. The van der Waals surface area contributed by atoms with Crippen LogP contribution in [0.15, 0.2) is 37.5 Å². The lowest BCUT2D eigenvalue weighted by atomic mass is 9.75. The van der Waals surface area contributed by atoms with Crippen LogP contribution in [0.3, 0.4) is 0 Å². The van der Waals surface area contributed by atoms with Crippen molar-refractivity contribution >= 4 is 11.8 Å². The Kier molecular flexibility index (Phi) is 6.84. The largest absolute Gasteiger partial charge is 0.282 e. The smallest absolute Gasteiger partial charge is 0.233 e. The van der Waals surface area contributed by atoms with Crippen molar-refractivity contribution in [1.82, 2.24) is 4.90 Å². The fourth-order valence-corrected chi connectivity index (χ4v) is 7.31. The molecule has 3 aliphatic carbocycles. The molecule has 3 nitrogen and oxygen atoms in total. The van der Waals surface area contributed by atoms with Gasteiger partial charge in [0.05, 0.1) is 11.8 Å². The standard InChI is InChI=1S/C29H43NO2/c1-6-19-14-22(13-12-20-16-21(7-2)26(17-20)29(3,4)5)23(15-19)18-30-27(31)24-10-8-9-11-25(24)28(30)32/h6-7,12-13,19-26H,1-2,8-11,14-18H2,3-5H3/b13-12-. The van der Waals surface area contributed by atoms with Crippen LogP contribution >= 0.6 is 0 Å². The summed E-state index contributed by atoms with van der Waals surface area (Å²) in [5.41, 5.74) is 0.304. The predicted octanol–water partition coefficient (Wildman–Crippen LogP) is 6.42. The van der Waals surface area contributed by atoms with E-state index in [4.69, 9.17) is 0 Å². The third-order valence-electron chi connectivity index (χ3n) is 9.16. The highest BCUT2D eigenvalue weighted by molar-refractivity contribution is 6.05. The molecule has 8 unspecified atom stereocenters. The van der Waals surface area contributed by atoms with Gasteiger partial charge < -0.3 is 0 Å². The van der Waals surface area contributed by atoms with Crippen LogP contribution < -0.4 is 0 Å². The molecule has 2 amide bonds. The Morgan fingerprint density at radius 1 is 0.844 bits per heavy atom. The minimum Gasteiger partial charge on any atom is -0.282 e. The van der Waals surface area contributed by atoms with E-state index >= 15 is 0 Å². The van der Waals surface area contributed by atoms with Crippen LogP contribution in [0.25, 0.3) is 0 Å². The van der Waals surface area contributed by atoms with Gasteiger partial charge in [0.25, 0.3) is 0 Å². The Morgan fingerprint density at radius 3 is 2.00 bits per heavy atom. The first-order valence-corrected chi connectivity index (χ1v) is 13.0. The Labute approximate surface area is 195 Å². The number of carbonyl (C=O) groups excluding carboxylic acids is 2. The molecule has 0 N–H and O–H groups in total. The van der Waals surface area contributed by atoms with Gasteiger partial charge in [0.1, 0.15) is 0 Å². The number of likely N-dealkylation sites (tertiary alicyclic amines) is 1. The lowest BCUT2D eigenvalue weighted by Crippen LogP contribution is -2.36. The first-order valence-electron chi connectivity index (χ1n) is 13.0. The number of hydrogen-bond acceptors (Lipinski definition) is 2. The van der Waals surface area contributed by atoms with Crippen molar-refractivity contribution in [2.45, 2.75) is 72.1 Å². The van der Waals surface area contributed by atoms with Crippen molar-refractivity contribution in [3.05, 3.63) is 37.5 Å². The van der Waals surface area contributed by atoms with Crippen molar-refractivity contribution < 1.29 is 9.59 Å². The molecule has 0 bridgehead atoms. The first-order chi connectivity index (χ1) is 15.2. The number of nitrogens with zero attached hydrogens (tertiary/aromatic N) is 1. The van der Waals surface area contributed by atoms with Gasteiger partial charge in [-0.2, -0.15) is 0 Å². The van der Waals surface area contributed by atoms with E-state index in [0.29, 0.717) is 47.5 Å². The van der Waals surface area contributed by atoms with Crippen LogP contribution in [0.1, 0.15) is 72.1 Å². The molecule has 1 aliphatic heterocycles. The maximum Gasteiger partial charge on any atom is 0.233 e. The van der Waals surface area contributed by atoms with Crippen LogP contribution in [-0.2, 0) is 9.59 Å². The molecule has 3 heteroatoms. The Morgan fingerprint density at radius 2 is 1.47 bits per heavy atom. The van der Waals surface area contributed by atoms with Crippen LogP contribution in [0.2, 0.25) is 0 Å². The van der Waals surface area contributed by atoms with Gasteiger partial charge in [-0.1, -0.05) is 57.9 Å². The summed E-state index contributed by atoms with van der Waals surface area (Å²) in [4.78, 5) is 27.7. The summed E-state index contributed by atoms with van der Waals surface area (Å²) in [6.45, 7) is 15.8. The number of carbonyl (C=O) groups is 2. The zero-order valence-electron chi connectivity index (χ0n) is 20.5. The maximum atomic E-state index is 13.0. The van der Waals surface area contributed by atoms with E-state index < -0.39 is 0 Å². The fraction of sp³-hybridized carbons (Fsp3) is 0.724. The Hall–Kier alpha value is -1.64. The van der Waals surface area contributed by atoms with Gasteiger partial charge in [-0.3, -0.25) is 14.5 Å². The second-order valence-corrected chi connectivity index (χ2v) is 12.2. The normalized spacial score (nSPS) is 40.3. The number of hydrogen-bond donors (Lipinski definition) is 0. The van der Waals surface area contributed by atoms with E-state index in [1.54, 1.807) is 4.90 Å². The van der Waals surface area contributed by atoms with Gasteiger partial charge in [0.2, 0.25) is 11.8 Å². The molecule has 4 fully saturated rings. The van der Waals surface area contributed by atoms with E-state index in [2.05, 4.69) is 58.2 Å². The van der Waals surface area contributed by atoms with E-state index in [0.717, 1.165) is 38.5 Å². The van der Waals surface area contributed by atoms with Crippen molar-refractivity contribution in [2.75, 3.05) is 6.54 Å². The van der Waals surface area contributed by atoms with E-state index in [1.165, 1.54) is 12.8 Å². The second kappa shape index (κ2) is 9.31. The molecule has 0 aromatic carbocycles. The average Bonchev–Trinajstić information content (AvgIpc) is 3.44. The molecule has 1 saturated heterocycles. The molecule has 4 aliphatic rings. The highest BCUT2D eigenvalue weighted by atomic mass is 16.2. The molecule has 0 aromatic rings. The van der Waals surface area contributed by atoms with Gasteiger partial charge in [0, 0.05) is 6.54 Å². The monoisotopic (exact) mass is 437 g/mol. The van der Waals surface area contributed by atoms with Gasteiger partial charge in [-0.05, 0) is 79.4 Å². The summed E-state index contributed by atoms with van der Waals surface area (Å²) in [5, 5.41) is 0. The van der Waals surface area contributed by atoms with E-state index in [1.807, 2.05) is 0 Å². The lowest BCUT2D eigenvalue weighted by Gasteiger charge is -2.30. The number of fused-ring (bicyclic) bond motifs is 1. The van der Waals surface area contributed by atoms with E-state index in [-0.39, 0.29) is 23.7 Å². The van der Waals surface area contributed by atoms with Crippen LogP contribution in [0.4, 0.5) is 0 Å². The predicted molar refractivity (Wildman–Crippen MR) is 131 cm³/mol. The van der Waals surface area contributed by atoms with E-state index in [9.17, 15) is 9.59 Å². The topological polar surface area (TPSA) is 37.4 Å². The number of imide groups is 1. The van der Waals surface area contributed by atoms with Crippen molar-refractivity contribution in [2.24, 2.45) is 52.8 Å². The second-order valence-electron chi connectivity index (χ2n) is 12.2. The highest BCUT2D eigenvalue weighted by Crippen LogP contribution is 2.48. The van der Waals surface area contributed by atoms with Gasteiger partial charge >= 0.3 is 0 Å². The summed E-state index contributed by atoms with van der Waals surface area (Å²) < 4.78 is 0. The summed E-state index contributed by atoms with van der Waals surface area (Å²) in [7, 11) is 0. The molecular weight excluding hydrogens is 394 g/mol. The first kappa shape index (κ1) is 23.5. The van der Waals surface area contributed by atoms with Crippen LogP contribution in [-0.4, -0.2) is 23.3 Å². The quantitative estimate of drug-likeness (QED) is 0.355. The molecule has 176 valence electrons. The van der Waals surface area contributed by atoms with Gasteiger partial charge in [-0.15, -0.1) is 13.2 Å². The van der Waals surface area contributed by atoms with Gasteiger partial charge in [-0.25, -0.2) is 0 Å². The molecule has 0 spiro atoms. The summed E-state index contributed by atoms with van der Waals surface area (Å²) in [6.07, 6.45) is 17.7. The highest BCUT2D eigenvalue weighted by Gasteiger charge is 2.49. The molecule has 32 heavy (non-hydrogen) atoms. The molecule has 8 atom stereocenters. The Balaban J connectivity index is 1.44. The molecule has 1 heterocycles. The third kappa shape index (κ3) is 4.54. The van der Waals surface area contributed by atoms with Crippen LogP contribution in [0, 0.1) is 52.8 Å². The molecule has 3 saturated carbocycles. The zero-order valence-corrected chi connectivity index (χ0v) is 20.5. The van der Waals surface area contributed by atoms with Crippen LogP contribution in [0.5, 0.6) is 0 Å². The molecule has 0 aromatic heterocycles. The molecule has 0 radical (unpaired) electrons. The number of rotatable bonds is 6. The number of allylic oxidation sites excluding steroid dienone is 4. The maximum absolute atomic E-state index is 13.0. The summed E-state index contributed by atoms with van der Waals surface area (Å²) in [5.74, 6) is 3.29. The number of amides is 2. The van der Waals surface area contributed by atoms with Crippen molar-refractivity contribution in [3.63, 3.8) is 0 Å². The van der Waals surface area contributed by atoms with Crippen molar-refractivity contribution in [1.29, 1.82) is 0 Å². The molecular formula is C29H43NO2. The van der Waals surface area contributed by atoms with Gasteiger partial charge in [0.15, 0.2) is 0 Å².